The first kappa shape index (κ1) is 21.6. The summed E-state index contributed by atoms with van der Waals surface area (Å²) in [6, 6.07) is 6.02. The summed E-state index contributed by atoms with van der Waals surface area (Å²) in [5, 5.41) is 7.78. The lowest BCUT2D eigenvalue weighted by atomic mass is 10.3. The fourth-order valence-corrected chi connectivity index (χ4v) is 3.08. The number of rotatable bonds is 6. The maximum Gasteiger partial charge on any atom is 0.191 e. The van der Waals surface area contributed by atoms with Gasteiger partial charge in [0.25, 0.3) is 0 Å². The molecular weight excluding hydrogens is 447 g/mol. The van der Waals surface area contributed by atoms with Gasteiger partial charge in [-0.05, 0) is 26.0 Å². The lowest BCUT2D eigenvalue weighted by molar-refractivity contribution is 0.779. The van der Waals surface area contributed by atoms with E-state index in [0.717, 1.165) is 41.1 Å². The number of halogens is 1. The van der Waals surface area contributed by atoms with Crippen molar-refractivity contribution in [2.24, 2.45) is 4.99 Å². The Bertz CT molecular complexity index is 679. The first-order valence-electron chi connectivity index (χ1n) is 8.00. The van der Waals surface area contributed by atoms with Crippen molar-refractivity contribution < 1.29 is 0 Å². The van der Waals surface area contributed by atoms with E-state index in [1.165, 1.54) is 4.88 Å². The molecule has 0 atom stereocenters. The molecule has 2 aromatic heterocycles. The quantitative estimate of drug-likeness (QED) is 0.383. The van der Waals surface area contributed by atoms with Gasteiger partial charge in [0.2, 0.25) is 0 Å². The first-order chi connectivity index (χ1) is 11.5. The number of anilines is 1. The second kappa shape index (κ2) is 10.5. The number of guanidine groups is 1. The fraction of sp³-hybridized carbons (Fsp3) is 0.471. The highest BCUT2D eigenvalue weighted by molar-refractivity contribution is 14.0. The number of nitrogens with one attached hydrogen (secondary N) is 2. The third-order valence-corrected chi connectivity index (χ3v) is 4.75. The van der Waals surface area contributed by atoms with Crippen LogP contribution in [0.3, 0.4) is 0 Å². The minimum absolute atomic E-state index is 0. The Morgan fingerprint density at radius 2 is 1.96 bits per heavy atom. The summed E-state index contributed by atoms with van der Waals surface area (Å²) < 4.78 is 0. The largest absolute Gasteiger partial charge is 0.363 e. The van der Waals surface area contributed by atoms with Crippen molar-refractivity contribution >= 4 is 47.1 Å². The van der Waals surface area contributed by atoms with Gasteiger partial charge in [-0.2, -0.15) is 0 Å². The van der Waals surface area contributed by atoms with Crippen molar-refractivity contribution in [3.05, 3.63) is 39.5 Å². The highest BCUT2D eigenvalue weighted by atomic mass is 127. The van der Waals surface area contributed by atoms with Gasteiger partial charge in [-0.25, -0.2) is 9.97 Å². The Kier molecular flexibility index (Phi) is 9.12. The van der Waals surface area contributed by atoms with Gasteiger partial charge in [0.15, 0.2) is 5.96 Å². The SMILES string of the molecule is CN=C(NCCc1nc(C)c(C)s1)NCc1cccc(N(C)C)n1.I. The molecule has 0 fully saturated rings. The van der Waals surface area contributed by atoms with Gasteiger partial charge < -0.3 is 15.5 Å². The van der Waals surface area contributed by atoms with Gasteiger partial charge in [-0.15, -0.1) is 35.3 Å². The predicted molar refractivity (Wildman–Crippen MR) is 117 cm³/mol. The molecule has 0 bridgehead atoms. The summed E-state index contributed by atoms with van der Waals surface area (Å²) in [7, 11) is 5.75. The van der Waals surface area contributed by atoms with E-state index in [1.54, 1.807) is 18.4 Å². The molecule has 2 aromatic rings. The van der Waals surface area contributed by atoms with E-state index in [2.05, 4.69) is 39.4 Å². The van der Waals surface area contributed by atoms with Gasteiger partial charge in [0, 0.05) is 39.0 Å². The second-order valence-corrected chi connectivity index (χ2v) is 7.02. The molecule has 0 radical (unpaired) electrons. The summed E-state index contributed by atoms with van der Waals surface area (Å²) in [6.07, 6.45) is 0.897. The van der Waals surface area contributed by atoms with E-state index >= 15 is 0 Å². The average Bonchev–Trinajstić information content (AvgIpc) is 2.89. The summed E-state index contributed by atoms with van der Waals surface area (Å²) in [4.78, 5) is 16.7. The second-order valence-electron chi connectivity index (χ2n) is 5.73. The van der Waals surface area contributed by atoms with Crippen LogP contribution in [-0.2, 0) is 13.0 Å². The van der Waals surface area contributed by atoms with Gasteiger partial charge >= 0.3 is 0 Å². The smallest absolute Gasteiger partial charge is 0.191 e. The Balaban J connectivity index is 0.00000312. The Morgan fingerprint density at radius 1 is 1.20 bits per heavy atom. The Labute approximate surface area is 171 Å². The highest BCUT2D eigenvalue weighted by Crippen LogP contribution is 2.16. The van der Waals surface area contributed by atoms with E-state index in [1.807, 2.05) is 37.2 Å². The minimum Gasteiger partial charge on any atom is -0.363 e. The van der Waals surface area contributed by atoms with E-state index in [0.29, 0.717) is 6.54 Å². The van der Waals surface area contributed by atoms with Crippen LogP contribution in [0.2, 0.25) is 0 Å². The molecule has 0 spiro atoms. The third kappa shape index (κ3) is 6.77. The van der Waals surface area contributed by atoms with Crippen LogP contribution >= 0.6 is 35.3 Å². The van der Waals surface area contributed by atoms with Crippen molar-refractivity contribution in [3.8, 4) is 0 Å². The third-order valence-electron chi connectivity index (χ3n) is 3.61. The maximum atomic E-state index is 4.59. The highest BCUT2D eigenvalue weighted by Gasteiger charge is 2.05. The van der Waals surface area contributed by atoms with Crippen LogP contribution in [0.5, 0.6) is 0 Å². The summed E-state index contributed by atoms with van der Waals surface area (Å²) in [5.41, 5.74) is 2.11. The van der Waals surface area contributed by atoms with E-state index in [-0.39, 0.29) is 24.0 Å². The maximum absolute atomic E-state index is 4.59. The Morgan fingerprint density at radius 3 is 2.56 bits per heavy atom. The van der Waals surface area contributed by atoms with Crippen molar-refractivity contribution in [2.45, 2.75) is 26.8 Å². The zero-order valence-electron chi connectivity index (χ0n) is 15.5. The van der Waals surface area contributed by atoms with E-state index < -0.39 is 0 Å². The predicted octanol–water partition coefficient (Wildman–Crippen LogP) is 2.75. The standard InChI is InChI=1S/C17H26N6S.HI/c1-12-13(2)24-16(21-12)9-10-19-17(18-3)20-11-14-7-6-8-15(22-14)23(4)5;/h6-8H,9-11H2,1-5H3,(H2,18,19,20);1H. The number of aryl methyl sites for hydroxylation is 2. The Hall–Kier alpha value is -1.42. The number of pyridine rings is 1. The van der Waals surface area contributed by atoms with Crippen molar-refractivity contribution in [2.75, 3.05) is 32.6 Å². The molecule has 2 N–H and O–H groups in total. The first-order valence-corrected chi connectivity index (χ1v) is 8.82. The molecule has 0 aliphatic carbocycles. The van der Waals surface area contributed by atoms with Gasteiger partial charge in [0.1, 0.15) is 5.82 Å². The van der Waals surface area contributed by atoms with Crippen molar-refractivity contribution in [1.29, 1.82) is 0 Å². The van der Waals surface area contributed by atoms with Crippen LogP contribution in [0.25, 0.3) is 0 Å². The van der Waals surface area contributed by atoms with Crippen LogP contribution in [0, 0.1) is 13.8 Å². The molecule has 2 heterocycles. The van der Waals surface area contributed by atoms with Crippen molar-refractivity contribution in [1.82, 2.24) is 20.6 Å². The zero-order valence-corrected chi connectivity index (χ0v) is 18.6. The molecule has 25 heavy (non-hydrogen) atoms. The molecule has 0 saturated carbocycles. The van der Waals surface area contributed by atoms with Crippen molar-refractivity contribution in [3.63, 3.8) is 0 Å². The normalized spacial score (nSPS) is 11.0. The molecule has 0 aromatic carbocycles. The van der Waals surface area contributed by atoms with Crippen LogP contribution in [0.4, 0.5) is 5.82 Å². The molecule has 0 amide bonds. The number of hydrogen-bond donors (Lipinski definition) is 2. The lowest BCUT2D eigenvalue weighted by Crippen LogP contribution is -2.38. The zero-order chi connectivity index (χ0) is 17.5. The molecule has 0 saturated heterocycles. The van der Waals surface area contributed by atoms with Gasteiger partial charge in [-0.3, -0.25) is 4.99 Å². The average molecular weight is 474 g/mol. The number of aromatic nitrogens is 2. The molecule has 6 nitrogen and oxygen atoms in total. The fourth-order valence-electron chi connectivity index (χ4n) is 2.14. The number of nitrogens with zero attached hydrogens (tertiary/aromatic N) is 4. The molecule has 0 aliphatic heterocycles. The van der Waals surface area contributed by atoms with Gasteiger partial charge in [0.05, 0.1) is 22.9 Å². The van der Waals surface area contributed by atoms with E-state index in [4.69, 9.17) is 0 Å². The van der Waals surface area contributed by atoms with Crippen LogP contribution in [-0.4, -0.2) is 43.6 Å². The van der Waals surface area contributed by atoms with Crippen LogP contribution in [0.15, 0.2) is 23.2 Å². The number of aliphatic imine (C=N–C) groups is 1. The van der Waals surface area contributed by atoms with Crippen LogP contribution < -0.4 is 15.5 Å². The van der Waals surface area contributed by atoms with Gasteiger partial charge in [-0.1, -0.05) is 6.07 Å². The monoisotopic (exact) mass is 474 g/mol. The minimum atomic E-state index is 0. The molecule has 0 aliphatic rings. The molecule has 0 unspecified atom stereocenters. The molecule has 8 heteroatoms. The lowest BCUT2D eigenvalue weighted by Gasteiger charge is -2.14. The summed E-state index contributed by atoms with van der Waals surface area (Å²) in [6.45, 7) is 5.60. The summed E-state index contributed by atoms with van der Waals surface area (Å²) >= 11 is 1.76. The molecule has 138 valence electrons. The number of thiazole rings is 1. The number of hydrogen-bond acceptors (Lipinski definition) is 5. The topological polar surface area (TPSA) is 65.4 Å². The molecular formula is C17H27IN6S. The van der Waals surface area contributed by atoms with Crippen LogP contribution in [0.1, 0.15) is 21.3 Å². The summed E-state index contributed by atoms with van der Waals surface area (Å²) in [5.74, 6) is 1.73. The molecule has 2 rings (SSSR count). The van der Waals surface area contributed by atoms with E-state index in [9.17, 15) is 0 Å².